The summed E-state index contributed by atoms with van der Waals surface area (Å²) in [7, 11) is 1.88. The quantitative estimate of drug-likeness (QED) is 0.739. The highest BCUT2D eigenvalue weighted by molar-refractivity contribution is 5.96. The predicted octanol–water partition coefficient (Wildman–Crippen LogP) is 1.93. The molecule has 0 aliphatic carbocycles. The molecule has 3 aromatic rings. The van der Waals surface area contributed by atoms with Crippen molar-refractivity contribution < 1.29 is 4.79 Å². The summed E-state index contributed by atoms with van der Waals surface area (Å²) >= 11 is 0. The van der Waals surface area contributed by atoms with Crippen LogP contribution >= 0.6 is 0 Å². The van der Waals surface area contributed by atoms with Crippen molar-refractivity contribution >= 4 is 11.9 Å². The van der Waals surface area contributed by atoms with Crippen molar-refractivity contribution in [3.05, 3.63) is 70.9 Å². The van der Waals surface area contributed by atoms with Crippen molar-refractivity contribution in [2.24, 2.45) is 7.05 Å². The Balaban J connectivity index is 1.70. The Morgan fingerprint density at radius 3 is 2.70 bits per heavy atom. The lowest BCUT2D eigenvalue weighted by atomic mass is 9.95. The summed E-state index contributed by atoms with van der Waals surface area (Å²) in [5.41, 5.74) is 4.32. The molecule has 4 rings (SSSR count). The Morgan fingerprint density at radius 1 is 1.22 bits per heavy atom. The van der Waals surface area contributed by atoms with E-state index >= 15 is 0 Å². The molecule has 1 aliphatic rings. The maximum atomic E-state index is 13.1. The Kier molecular flexibility index (Phi) is 4.23. The number of nitrogens with zero attached hydrogens (tertiary/aromatic N) is 5. The van der Waals surface area contributed by atoms with Gasteiger partial charge in [0.05, 0.1) is 11.8 Å². The largest absolute Gasteiger partial charge is 0.348 e. The highest BCUT2D eigenvalue weighted by Crippen LogP contribution is 2.35. The van der Waals surface area contributed by atoms with Gasteiger partial charge in [0.2, 0.25) is 5.95 Å². The fourth-order valence-corrected chi connectivity index (χ4v) is 3.33. The van der Waals surface area contributed by atoms with Gasteiger partial charge in [-0.25, -0.2) is 4.68 Å². The van der Waals surface area contributed by atoms with E-state index in [-0.39, 0.29) is 11.9 Å². The second kappa shape index (κ2) is 6.71. The zero-order valence-electron chi connectivity index (χ0n) is 15.5. The molecule has 1 aliphatic heterocycles. The van der Waals surface area contributed by atoms with Crippen molar-refractivity contribution in [2.45, 2.75) is 26.4 Å². The highest BCUT2D eigenvalue weighted by Gasteiger charge is 2.35. The van der Waals surface area contributed by atoms with Crippen LogP contribution in [0.25, 0.3) is 0 Å². The van der Waals surface area contributed by atoms with E-state index in [4.69, 9.17) is 0 Å². The van der Waals surface area contributed by atoms with Crippen molar-refractivity contribution in [3.63, 3.8) is 0 Å². The maximum absolute atomic E-state index is 13.1. The summed E-state index contributed by atoms with van der Waals surface area (Å²) in [6.07, 6.45) is 3.27. The lowest BCUT2D eigenvalue weighted by Crippen LogP contribution is -2.35. The van der Waals surface area contributed by atoms with Crippen molar-refractivity contribution in [1.29, 1.82) is 0 Å². The molecule has 8 heteroatoms. The van der Waals surface area contributed by atoms with Crippen molar-refractivity contribution in [1.82, 2.24) is 29.9 Å². The molecule has 0 radical (unpaired) electrons. The highest BCUT2D eigenvalue weighted by atomic mass is 16.1. The van der Waals surface area contributed by atoms with Gasteiger partial charge < -0.3 is 10.6 Å². The standard InChI is InChI=1S/C19H21N7O/c1-12-16(18(27)20-9-14-7-5-4-6-8-14)17(15-10-22-25(3)13(15)2)26-19(24-12)21-11-23-26/h4-8,10-11,17H,9H2,1-3H3,(H,20,27)(H,21,23,24)/t17-/m0/s1. The number of allylic oxidation sites excluding steroid dienone is 1. The third-order valence-corrected chi connectivity index (χ3v) is 4.90. The summed E-state index contributed by atoms with van der Waals surface area (Å²) < 4.78 is 3.53. The molecule has 0 spiro atoms. The molecule has 3 heterocycles. The van der Waals surface area contributed by atoms with Gasteiger partial charge in [0, 0.05) is 30.5 Å². The number of nitrogens with one attached hydrogen (secondary N) is 2. The SMILES string of the molecule is CC1=C(C(=O)NCc2ccccc2)[C@H](c2cnn(C)c2C)n2ncnc2N1. The smallest absolute Gasteiger partial charge is 0.251 e. The van der Waals surface area contributed by atoms with Gasteiger partial charge in [-0.1, -0.05) is 30.3 Å². The fraction of sp³-hybridized carbons (Fsp3) is 0.263. The van der Waals surface area contributed by atoms with Gasteiger partial charge in [-0.2, -0.15) is 15.2 Å². The second-order valence-electron chi connectivity index (χ2n) is 6.57. The summed E-state index contributed by atoms with van der Waals surface area (Å²) in [5, 5.41) is 14.9. The average Bonchev–Trinajstić information content (AvgIpc) is 3.26. The lowest BCUT2D eigenvalue weighted by Gasteiger charge is -2.28. The lowest BCUT2D eigenvalue weighted by molar-refractivity contribution is -0.118. The first-order valence-electron chi connectivity index (χ1n) is 8.74. The van der Waals surface area contributed by atoms with Crippen LogP contribution in [0.3, 0.4) is 0 Å². The van der Waals surface area contributed by atoms with E-state index in [1.54, 1.807) is 15.6 Å². The molecular weight excluding hydrogens is 342 g/mol. The molecule has 2 N–H and O–H groups in total. The molecule has 1 aromatic carbocycles. The van der Waals surface area contributed by atoms with Crippen LogP contribution in [0.4, 0.5) is 5.95 Å². The third-order valence-electron chi connectivity index (χ3n) is 4.90. The van der Waals surface area contributed by atoms with E-state index < -0.39 is 0 Å². The maximum Gasteiger partial charge on any atom is 0.251 e. The first-order valence-corrected chi connectivity index (χ1v) is 8.74. The van der Waals surface area contributed by atoms with Gasteiger partial charge in [0.15, 0.2) is 0 Å². The topological polar surface area (TPSA) is 89.7 Å². The minimum atomic E-state index is -0.381. The van der Waals surface area contributed by atoms with Gasteiger partial charge in [-0.05, 0) is 19.4 Å². The monoisotopic (exact) mass is 363 g/mol. The molecule has 1 amide bonds. The van der Waals surface area contributed by atoms with Crippen LogP contribution in [0, 0.1) is 6.92 Å². The van der Waals surface area contributed by atoms with Gasteiger partial charge >= 0.3 is 0 Å². The zero-order valence-corrected chi connectivity index (χ0v) is 15.5. The number of fused-ring (bicyclic) bond motifs is 1. The zero-order chi connectivity index (χ0) is 19.0. The summed E-state index contributed by atoms with van der Waals surface area (Å²) in [4.78, 5) is 17.4. The molecule has 2 aromatic heterocycles. The molecule has 1 atom stereocenters. The summed E-state index contributed by atoms with van der Waals surface area (Å²) in [5.74, 6) is 0.471. The Morgan fingerprint density at radius 2 is 2.00 bits per heavy atom. The number of amides is 1. The third kappa shape index (κ3) is 2.99. The molecule has 0 fully saturated rings. The number of rotatable bonds is 4. The second-order valence-corrected chi connectivity index (χ2v) is 6.57. The molecule has 0 saturated heterocycles. The van der Waals surface area contributed by atoms with E-state index in [2.05, 4.69) is 25.8 Å². The summed E-state index contributed by atoms with van der Waals surface area (Å²) in [6.45, 7) is 4.32. The minimum absolute atomic E-state index is 0.141. The molecule has 0 unspecified atom stereocenters. The van der Waals surface area contributed by atoms with Gasteiger partial charge in [-0.15, -0.1) is 0 Å². The van der Waals surface area contributed by atoms with Crippen LogP contribution in [-0.4, -0.2) is 30.5 Å². The number of benzene rings is 1. The van der Waals surface area contributed by atoms with E-state index in [0.29, 0.717) is 18.1 Å². The predicted molar refractivity (Wildman–Crippen MR) is 101 cm³/mol. The number of carbonyl (C=O) groups excluding carboxylic acids is 1. The van der Waals surface area contributed by atoms with E-state index in [1.807, 2.05) is 51.2 Å². The van der Waals surface area contributed by atoms with Crippen LogP contribution in [-0.2, 0) is 18.4 Å². The number of aromatic nitrogens is 5. The van der Waals surface area contributed by atoms with Crippen LogP contribution in [0.15, 0.2) is 54.1 Å². The number of hydrogen-bond acceptors (Lipinski definition) is 5. The van der Waals surface area contributed by atoms with Crippen molar-refractivity contribution in [2.75, 3.05) is 5.32 Å². The number of carbonyl (C=O) groups is 1. The number of anilines is 1. The molecule has 8 nitrogen and oxygen atoms in total. The van der Waals surface area contributed by atoms with E-state index in [0.717, 1.165) is 22.5 Å². The fourth-order valence-electron chi connectivity index (χ4n) is 3.33. The average molecular weight is 363 g/mol. The van der Waals surface area contributed by atoms with Crippen LogP contribution in [0.1, 0.15) is 29.8 Å². The normalized spacial score (nSPS) is 16.0. The van der Waals surface area contributed by atoms with E-state index in [1.165, 1.54) is 6.33 Å². The molecule has 138 valence electrons. The van der Waals surface area contributed by atoms with Crippen molar-refractivity contribution in [3.8, 4) is 0 Å². The number of aryl methyl sites for hydroxylation is 1. The van der Waals surface area contributed by atoms with Gasteiger partial charge in [0.25, 0.3) is 5.91 Å². The Hall–Kier alpha value is -3.42. The van der Waals surface area contributed by atoms with Crippen LogP contribution in [0.2, 0.25) is 0 Å². The molecular formula is C19H21N7O. The Bertz CT molecular complexity index is 1020. The minimum Gasteiger partial charge on any atom is -0.348 e. The van der Waals surface area contributed by atoms with Crippen LogP contribution < -0.4 is 10.6 Å². The van der Waals surface area contributed by atoms with Gasteiger partial charge in [0.1, 0.15) is 12.4 Å². The van der Waals surface area contributed by atoms with Crippen LogP contribution in [0.5, 0.6) is 0 Å². The summed E-state index contributed by atoms with van der Waals surface area (Å²) in [6, 6.07) is 9.46. The first kappa shape index (κ1) is 17.0. The molecule has 0 bridgehead atoms. The number of hydrogen-bond donors (Lipinski definition) is 2. The Labute approximate surface area is 156 Å². The van der Waals surface area contributed by atoms with Gasteiger partial charge in [-0.3, -0.25) is 9.48 Å². The van der Waals surface area contributed by atoms with E-state index in [9.17, 15) is 4.79 Å². The molecule has 0 saturated carbocycles. The molecule has 27 heavy (non-hydrogen) atoms. The first-order chi connectivity index (χ1) is 13.1.